The Hall–Kier alpha value is -1.19. The summed E-state index contributed by atoms with van der Waals surface area (Å²) in [6, 6.07) is 8.94. The van der Waals surface area contributed by atoms with Crippen LogP contribution in [0.15, 0.2) is 41.9 Å². The summed E-state index contributed by atoms with van der Waals surface area (Å²) in [6.45, 7) is 0.252. The molecule has 1 aromatic rings. The molecule has 0 saturated heterocycles. The highest BCUT2D eigenvalue weighted by molar-refractivity contribution is 8.03. The molecule has 4 nitrogen and oxygen atoms in total. The summed E-state index contributed by atoms with van der Waals surface area (Å²) in [5, 5.41) is 1.49. The predicted octanol–water partition coefficient (Wildman–Crippen LogP) is 2.86. The molecule has 1 aromatic carbocycles. The molecule has 0 saturated carbocycles. The summed E-state index contributed by atoms with van der Waals surface area (Å²) in [5.41, 5.74) is -5.84. The first-order chi connectivity index (χ1) is 9.29. The summed E-state index contributed by atoms with van der Waals surface area (Å²) < 4.78 is 63.0. The Morgan fingerprint density at radius 1 is 1.25 bits per heavy atom. The maximum Gasteiger partial charge on any atom is 0.523 e. The van der Waals surface area contributed by atoms with Crippen LogP contribution < -0.4 is 0 Å². The molecule has 1 aliphatic rings. The van der Waals surface area contributed by atoms with Gasteiger partial charge >= 0.3 is 15.6 Å². The second-order valence-corrected chi connectivity index (χ2v) is 6.39. The minimum Gasteiger partial charge on any atom is -0.338 e. The highest BCUT2D eigenvalue weighted by Gasteiger charge is 2.49. The predicted molar refractivity (Wildman–Crippen MR) is 68.6 cm³/mol. The first-order valence-corrected chi connectivity index (χ1v) is 7.76. The molecule has 0 N–H and O–H groups in total. The van der Waals surface area contributed by atoms with Crippen LogP contribution in [0.25, 0.3) is 0 Å². The third-order valence-electron chi connectivity index (χ3n) is 2.42. The maximum absolute atomic E-state index is 12.3. The molecule has 110 valence electrons. The van der Waals surface area contributed by atoms with Crippen LogP contribution in [0.5, 0.6) is 0 Å². The van der Waals surface area contributed by atoms with Crippen molar-refractivity contribution < 1.29 is 25.8 Å². The highest BCUT2D eigenvalue weighted by Crippen LogP contribution is 2.33. The van der Waals surface area contributed by atoms with Crippen molar-refractivity contribution in [2.24, 2.45) is 0 Å². The Bertz CT molecular complexity index is 587. The summed E-state index contributed by atoms with van der Waals surface area (Å²) in [7, 11) is -5.61. The highest BCUT2D eigenvalue weighted by atomic mass is 32.2. The van der Waals surface area contributed by atoms with Crippen LogP contribution >= 0.6 is 11.8 Å². The molecule has 1 aliphatic heterocycles. The van der Waals surface area contributed by atoms with Gasteiger partial charge in [-0.05, 0) is 11.0 Å². The van der Waals surface area contributed by atoms with Gasteiger partial charge in [0.25, 0.3) is 0 Å². The van der Waals surface area contributed by atoms with E-state index < -0.39 is 21.2 Å². The van der Waals surface area contributed by atoms with Crippen molar-refractivity contribution in [1.29, 1.82) is 0 Å². The lowest BCUT2D eigenvalue weighted by atomic mass is 10.2. The average molecular weight is 325 g/mol. The Morgan fingerprint density at radius 2 is 1.90 bits per heavy atom. The van der Waals surface area contributed by atoms with E-state index in [1.807, 2.05) is 0 Å². The molecule has 0 aromatic heterocycles. The zero-order valence-corrected chi connectivity index (χ0v) is 11.6. The minimum atomic E-state index is -5.61. The number of hydrogen-bond acceptors (Lipinski definition) is 5. The van der Waals surface area contributed by atoms with Crippen LogP contribution in [-0.4, -0.2) is 24.4 Å². The molecule has 0 fully saturated rings. The Labute approximate surface area is 118 Å². The number of hydrogen-bond donors (Lipinski definition) is 0. The molecular formula is C11H10F3NO3S2. The number of halogens is 3. The van der Waals surface area contributed by atoms with Gasteiger partial charge in [0.05, 0.1) is 0 Å². The van der Waals surface area contributed by atoms with Crippen LogP contribution in [0.1, 0.15) is 5.56 Å². The number of alkyl halides is 3. The maximum atomic E-state index is 12.3. The third kappa shape index (κ3) is 3.47. The van der Waals surface area contributed by atoms with Crippen LogP contribution in [-0.2, 0) is 20.8 Å². The molecule has 0 aliphatic carbocycles. The topological polar surface area (TPSA) is 46.6 Å². The molecular weight excluding hydrogens is 315 g/mol. The summed E-state index contributed by atoms with van der Waals surface area (Å²) in [5.74, 6) is 0. The molecule has 0 amide bonds. The van der Waals surface area contributed by atoms with Crippen molar-refractivity contribution in [2.75, 3.05) is 0 Å². The largest absolute Gasteiger partial charge is 0.523 e. The van der Waals surface area contributed by atoms with E-state index in [0.717, 1.165) is 17.3 Å². The van der Waals surface area contributed by atoms with Gasteiger partial charge in [-0.15, -0.1) is 0 Å². The van der Waals surface area contributed by atoms with Gasteiger partial charge in [0.15, 0.2) is 0 Å². The van der Waals surface area contributed by atoms with Crippen molar-refractivity contribution in [3.63, 3.8) is 0 Å². The number of nitrogens with zero attached hydrogens (tertiary/aromatic N) is 1. The quantitative estimate of drug-likeness (QED) is 0.629. The number of benzene rings is 1. The van der Waals surface area contributed by atoms with Gasteiger partial charge in [0, 0.05) is 12.7 Å². The average Bonchev–Trinajstić information content (AvgIpc) is 2.76. The zero-order valence-electron chi connectivity index (χ0n) is 9.95. The molecule has 0 bridgehead atoms. The van der Waals surface area contributed by atoms with Gasteiger partial charge in [0.2, 0.25) is 5.56 Å². The van der Waals surface area contributed by atoms with E-state index in [-0.39, 0.29) is 6.54 Å². The number of thioether (sulfide) groups is 1. The van der Waals surface area contributed by atoms with Crippen LogP contribution in [0.2, 0.25) is 0 Å². The van der Waals surface area contributed by atoms with Crippen LogP contribution in [0.3, 0.4) is 0 Å². The Morgan fingerprint density at radius 3 is 2.50 bits per heavy atom. The molecule has 0 spiro atoms. The fourth-order valence-corrected chi connectivity index (χ4v) is 3.08. The van der Waals surface area contributed by atoms with Crippen molar-refractivity contribution in [1.82, 2.24) is 4.90 Å². The van der Waals surface area contributed by atoms with Gasteiger partial charge < -0.3 is 4.90 Å². The van der Waals surface area contributed by atoms with Crippen molar-refractivity contribution in [3.8, 4) is 0 Å². The SMILES string of the molecule is O=S(=O)(OC1SC=CN1Cc1ccccc1)C(F)(F)F. The monoisotopic (exact) mass is 325 g/mol. The van der Waals surface area contributed by atoms with Crippen LogP contribution in [0.4, 0.5) is 13.2 Å². The van der Waals surface area contributed by atoms with E-state index in [4.69, 9.17) is 0 Å². The molecule has 2 rings (SSSR count). The van der Waals surface area contributed by atoms with E-state index in [1.54, 1.807) is 30.3 Å². The summed E-state index contributed by atoms with van der Waals surface area (Å²) in [6.07, 6.45) is 1.49. The normalized spacial score (nSPS) is 19.6. The van der Waals surface area contributed by atoms with Gasteiger partial charge in [-0.25, -0.2) is 4.18 Å². The minimum absolute atomic E-state index is 0.252. The van der Waals surface area contributed by atoms with E-state index in [1.165, 1.54) is 16.5 Å². The molecule has 1 atom stereocenters. The van der Waals surface area contributed by atoms with E-state index in [2.05, 4.69) is 4.18 Å². The Kier molecular flexibility index (Phi) is 4.31. The van der Waals surface area contributed by atoms with Gasteiger partial charge in [-0.1, -0.05) is 42.1 Å². The molecule has 1 unspecified atom stereocenters. The Balaban J connectivity index is 2.06. The molecule has 20 heavy (non-hydrogen) atoms. The van der Waals surface area contributed by atoms with Gasteiger partial charge in [0.1, 0.15) is 0 Å². The first kappa shape index (κ1) is 15.2. The van der Waals surface area contributed by atoms with E-state index in [9.17, 15) is 21.6 Å². The molecule has 1 heterocycles. The van der Waals surface area contributed by atoms with Crippen molar-refractivity contribution in [2.45, 2.75) is 17.6 Å². The summed E-state index contributed by atoms with van der Waals surface area (Å²) in [4.78, 5) is 1.38. The van der Waals surface area contributed by atoms with Crippen LogP contribution in [0, 0.1) is 0 Å². The second-order valence-electron chi connectivity index (χ2n) is 3.88. The van der Waals surface area contributed by atoms with E-state index in [0.29, 0.717) is 0 Å². The summed E-state index contributed by atoms with van der Waals surface area (Å²) >= 11 is 0.857. The third-order valence-corrected chi connectivity index (χ3v) is 4.42. The second kappa shape index (κ2) is 5.66. The fourth-order valence-electron chi connectivity index (χ4n) is 1.49. The molecule has 9 heteroatoms. The number of rotatable bonds is 4. The zero-order chi connectivity index (χ0) is 14.8. The fraction of sp³-hybridized carbons (Fsp3) is 0.273. The smallest absolute Gasteiger partial charge is 0.338 e. The lowest BCUT2D eigenvalue weighted by Crippen LogP contribution is -2.34. The lowest BCUT2D eigenvalue weighted by molar-refractivity contribution is -0.0582. The van der Waals surface area contributed by atoms with Gasteiger partial charge in [-0.2, -0.15) is 21.6 Å². The van der Waals surface area contributed by atoms with Crippen molar-refractivity contribution in [3.05, 3.63) is 47.5 Å². The standard InChI is InChI=1S/C11H10F3NO3S2/c12-11(13,14)20(16,17)18-10-15(6-7-19-10)8-9-4-2-1-3-5-9/h1-7,10H,8H2. The molecule has 0 radical (unpaired) electrons. The first-order valence-electron chi connectivity index (χ1n) is 5.41. The lowest BCUT2D eigenvalue weighted by Gasteiger charge is -2.24. The van der Waals surface area contributed by atoms with Gasteiger partial charge in [-0.3, -0.25) is 0 Å². The van der Waals surface area contributed by atoms with Crippen molar-refractivity contribution >= 4 is 21.9 Å². The van der Waals surface area contributed by atoms with E-state index >= 15 is 0 Å².